The van der Waals surface area contributed by atoms with Gasteiger partial charge in [0, 0.05) is 19.8 Å². The molecule has 1 saturated carbocycles. The van der Waals surface area contributed by atoms with E-state index in [1.807, 2.05) is 6.92 Å². The monoisotopic (exact) mass is 200 g/mol. The summed E-state index contributed by atoms with van der Waals surface area (Å²) in [5, 5.41) is 0. The average molecular weight is 200 g/mol. The molecule has 0 aromatic rings. The molecule has 0 amide bonds. The van der Waals surface area contributed by atoms with Gasteiger partial charge in [-0.1, -0.05) is 13.3 Å². The van der Waals surface area contributed by atoms with Gasteiger partial charge in [-0.2, -0.15) is 0 Å². The van der Waals surface area contributed by atoms with Gasteiger partial charge in [0.05, 0.1) is 6.61 Å². The van der Waals surface area contributed by atoms with Crippen molar-refractivity contribution in [2.45, 2.75) is 52.4 Å². The number of carbonyl (C=O) groups is 2. The van der Waals surface area contributed by atoms with Crippen LogP contribution in [0.3, 0.4) is 0 Å². The standard InChI is InChI=1S/C6H10O.C5H10O2/c7-6-4-2-1-3-5-6;1-3-4-7-5(2)6/h1-5H2;3-4H2,1-2H3. The highest BCUT2D eigenvalue weighted by Gasteiger charge is 2.05. The summed E-state index contributed by atoms with van der Waals surface area (Å²) in [4.78, 5) is 20.4. The second-order valence-electron chi connectivity index (χ2n) is 3.44. The maximum atomic E-state index is 10.5. The lowest BCUT2D eigenvalue weighted by Gasteiger charge is -2.05. The maximum Gasteiger partial charge on any atom is 0.302 e. The van der Waals surface area contributed by atoms with Gasteiger partial charge >= 0.3 is 5.97 Å². The van der Waals surface area contributed by atoms with Crippen LogP contribution in [0.1, 0.15) is 52.4 Å². The Bertz CT molecular complexity index is 167. The van der Waals surface area contributed by atoms with Crippen molar-refractivity contribution in [3.63, 3.8) is 0 Å². The van der Waals surface area contributed by atoms with Crippen LogP contribution in [-0.4, -0.2) is 18.4 Å². The van der Waals surface area contributed by atoms with Crippen molar-refractivity contribution in [3.8, 4) is 0 Å². The van der Waals surface area contributed by atoms with Gasteiger partial charge in [0.25, 0.3) is 0 Å². The first-order valence-electron chi connectivity index (χ1n) is 5.32. The summed E-state index contributed by atoms with van der Waals surface area (Å²) in [6.07, 6.45) is 6.14. The summed E-state index contributed by atoms with van der Waals surface area (Å²) >= 11 is 0. The summed E-state index contributed by atoms with van der Waals surface area (Å²) in [7, 11) is 0. The van der Waals surface area contributed by atoms with Crippen LogP contribution in [0.25, 0.3) is 0 Å². The van der Waals surface area contributed by atoms with E-state index in [9.17, 15) is 9.59 Å². The van der Waals surface area contributed by atoms with Gasteiger partial charge in [-0.15, -0.1) is 0 Å². The van der Waals surface area contributed by atoms with E-state index in [1.165, 1.54) is 13.3 Å². The minimum Gasteiger partial charge on any atom is -0.466 e. The number of rotatable bonds is 2. The first-order chi connectivity index (χ1) is 6.66. The molecule has 3 nitrogen and oxygen atoms in total. The van der Waals surface area contributed by atoms with E-state index in [0.717, 1.165) is 32.1 Å². The van der Waals surface area contributed by atoms with Crippen LogP contribution in [0.2, 0.25) is 0 Å². The molecule has 0 spiro atoms. The van der Waals surface area contributed by atoms with Crippen molar-refractivity contribution in [2.75, 3.05) is 6.61 Å². The van der Waals surface area contributed by atoms with E-state index in [4.69, 9.17) is 0 Å². The van der Waals surface area contributed by atoms with Crippen LogP contribution in [-0.2, 0) is 14.3 Å². The zero-order valence-electron chi connectivity index (χ0n) is 9.17. The van der Waals surface area contributed by atoms with Crippen molar-refractivity contribution in [3.05, 3.63) is 0 Å². The molecule has 1 aliphatic rings. The molecule has 3 heteroatoms. The van der Waals surface area contributed by atoms with Gasteiger partial charge in [0.2, 0.25) is 0 Å². The Hall–Kier alpha value is -0.860. The summed E-state index contributed by atoms with van der Waals surface area (Å²) in [5.41, 5.74) is 0. The molecule has 0 heterocycles. The Labute approximate surface area is 85.8 Å². The van der Waals surface area contributed by atoms with Crippen LogP contribution >= 0.6 is 0 Å². The van der Waals surface area contributed by atoms with E-state index < -0.39 is 0 Å². The van der Waals surface area contributed by atoms with Gasteiger partial charge in [0.15, 0.2) is 0 Å². The maximum absolute atomic E-state index is 10.5. The highest BCUT2D eigenvalue weighted by atomic mass is 16.5. The molecule has 82 valence electrons. The molecule has 0 aromatic carbocycles. The van der Waals surface area contributed by atoms with Crippen molar-refractivity contribution in [2.24, 2.45) is 0 Å². The first-order valence-corrected chi connectivity index (χ1v) is 5.32. The van der Waals surface area contributed by atoms with Gasteiger partial charge < -0.3 is 4.74 Å². The lowest BCUT2D eigenvalue weighted by molar-refractivity contribution is -0.140. The summed E-state index contributed by atoms with van der Waals surface area (Å²) in [6, 6.07) is 0. The van der Waals surface area contributed by atoms with Gasteiger partial charge in [0.1, 0.15) is 5.78 Å². The number of hydrogen-bond acceptors (Lipinski definition) is 3. The lowest BCUT2D eigenvalue weighted by Crippen LogP contribution is -2.02. The Kier molecular flexibility index (Phi) is 8.19. The number of Topliss-reactive ketones (excluding diaryl/α,β-unsaturated/α-hetero) is 1. The molecule has 14 heavy (non-hydrogen) atoms. The van der Waals surface area contributed by atoms with Crippen LogP contribution in [0.15, 0.2) is 0 Å². The molecule has 1 aliphatic carbocycles. The first kappa shape index (κ1) is 13.1. The summed E-state index contributed by atoms with van der Waals surface area (Å²) < 4.78 is 4.55. The zero-order chi connectivity index (χ0) is 10.8. The quantitative estimate of drug-likeness (QED) is 0.643. The van der Waals surface area contributed by atoms with Crippen LogP contribution < -0.4 is 0 Å². The Balaban J connectivity index is 0.000000241. The topological polar surface area (TPSA) is 43.4 Å². The van der Waals surface area contributed by atoms with Crippen LogP contribution in [0.5, 0.6) is 0 Å². The molecule has 1 rings (SSSR count). The molecule has 0 bridgehead atoms. The van der Waals surface area contributed by atoms with Gasteiger partial charge in [-0.25, -0.2) is 0 Å². The fourth-order valence-electron chi connectivity index (χ4n) is 1.19. The number of esters is 1. The minimum atomic E-state index is -0.193. The predicted octanol–water partition coefficient (Wildman–Crippen LogP) is 2.48. The fraction of sp³-hybridized carbons (Fsp3) is 0.818. The molecule has 0 atom stereocenters. The Morgan fingerprint density at radius 1 is 1.29 bits per heavy atom. The van der Waals surface area contributed by atoms with E-state index in [1.54, 1.807) is 0 Å². The van der Waals surface area contributed by atoms with Crippen LogP contribution in [0, 0.1) is 0 Å². The van der Waals surface area contributed by atoms with Gasteiger partial charge in [-0.3, -0.25) is 9.59 Å². The van der Waals surface area contributed by atoms with Crippen molar-refractivity contribution < 1.29 is 14.3 Å². The molecule has 0 saturated heterocycles. The smallest absolute Gasteiger partial charge is 0.302 e. The minimum absolute atomic E-state index is 0.193. The second-order valence-corrected chi connectivity index (χ2v) is 3.44. The van der Waals surface area contributed by atoms with Crippen molar-refractivity contribution >= 4 is 11.8 Å². The number of carbonyl (C=O) groups excluding carboxylic acids is 2. The third kappa shape index (κ3) is 9.23. The molecular formula is C11H20O3. The third-order valence-corrected chi connectivity index (χ3v) is 1.92. The molecule has 0 aromatic heterocycles. The highest BCUT2D eigenvalue weighted by molar-refractivity contribution is 5.78. The summed E-state index contributed by atoms with van der Waals surface area (Å²) in [6.45, 7) is 3.92. The lowest BCUT2D eigenvalue weighted by atomic mass is 10.00. The van der Waals surface area contributed by atoms with Crippen molar-refractivity contribution in [1.82, 2.24) is 0 Å². The van der Waals surface area contributed by atoms with Crippen LogP contribution in [0.4, 0.5) is 0 Å². The van der Waals surface area contributed by atoms with E-state index in [2.05, 4.69) is 4.74 Å². The van der Waals surface area contributed by atoms with Gasteiger partial charge in [-0.05, 0) is 19.3 Å². The Morgan fingerprint density at radius 2 is 1.86 bits per heavy atom. The number of ketones is 1. The normalized spacial score (nSPS) is 15.4. The molecule has 0 radical (unpaired) electrons. The molecule has 0 N–H and O–H groups in total. The number of hydrogen-bond donors (Lipinski definition) is 0. The van der Waals surface area contributed by atoms with E-state index in [0.29, 0.717) is 12.4 Å². The van der Waals surface area contributed by atoms with E-state index in [-0.39, 0.29) is 5.97 Å². The fourth-order valence-corrected chi connectivity index (χ4v) is 1.19. The predicted molar refractivity (Wildman–Crippen MR) is 55.0 cm³/mol. The SMILES string of the molecule is CCCOC(C)=O.O=C1CCCCC1. The average Bonchev–Trinajstić information content (AvgIpc) is 2.17. The van der Waals surface area contributed by atoms with E-state index >= 15 is 0 Å². The Morgan fingerprint density at radius 3 is 2.07 bits per heavy atom. The molecule has 1 fully saturated rings. The largest absolute Gasteiger partial charge is 0.466 e. The number of ether oxygens (including phenoxy) is 1. The summed E-state index contributed by atoms with van der Waals surface area (Å²) in [5.74, 6) is 0.271. The zero-order valence-corrected chi connectivity index (χ0v) is 9.17. The third-order valence-electron chi connectivity index (χ3n) is 1.92. The van der Waals surface area contributed by atoms with Crippen molar-refractivity contribution in [1.29, 1.82) is 0 Å². The molecule has 0 aliphatic heterocycles. The second kappa shape index (κ2) is 8.73. The molecular weight excluding hydrogens is 180 g/mol. The molecule has 0 unspecified atom stereocenters. The highest BCUT2D eigenvalue weighted by Crippen LogP contribution is 2.12.